The van der Waals surface area contributed by atoms with Crippen LogP contribution in [0.2, 0.25) is 0 Å². The van der Waals surface area contributed by atoms with Crippen molar-refractivity contribution in [3.63, 3.8) is 0 Å². The average molecular weight is 350 g/mol. The Hall–Kier alpha value is -0.440. The molecule has 1 rings (SSSR count). The second-order valence-electron chi connectivity index (χ2n) is 4.22. The number of hydrogen-bond acceptors (Lipinski definition) is 2. The average Bonchev–Trinajstić information content (AvgIpc) is 2.31. The first-order valence-electron chi connectivity index (χ1n) is 6.34. The molecule has 1 unspecified atom stereocenters. The van der Waals surface area contributed by atoms with Crippen LogP contribution in [0.1, 0.15) is 45.1 Å². The summed E-state index contributed by atoms with van der Waals surface area (Å²) in [4.78, 5) is 10.3. The molecule has 0 spiro atoms. The maximum atomic E-state index is 10.3. The minimum Gasteiger partial charge on any atom is -0.550 e. The van der Waals surface area contributed by atoms with Gasteiger partial charge in [-0.1, -0.05) is 62.6 Å². The van der Waals surface area contributed by atoms with E-state index < -0.39 is 5.97 Å². The largest absolute Gasteiger partial charge is 3.00 e. The zero-order chi connectivity index (χ0) is 13.1. The molecule has 18 heavy (non-hydrogen) atoms. The number of aryl methyl sites for hydroxylation is 1. The first kappa shape index (κ1) is 19.9. The van der Waals surface area contributed by atoms with Crippen molar-refractivity contribution in [1.82, 2.24) is 0 Å². The molecule has 0 aromatic heterocycles. The van der Waals surface area contributed by atoms with E-state index in [0.717, 1.165) is 19.3 Å². The summed E-state index contributed by atoms with van der Waals surface area (Å²) in [6.07, 6.45) is 3.52. The number of hydrogen-bond donors (Lipinski definition) is 0. The van der Waals surface area contributed by atoms with Gasteiger partial charge in [0.25, 0.3) is 0 Å². The van der Waals surface area contributed by atoms with Crippen LogP contribution in [0.4, 0.5) is 0 Å². The van der Waals surface area contributed by atoms with Gasteiger partial charge < -0.3 is 9.90 Å². The minimum absolute atomic E-state index is 0. The smallest absolute Gasteiger partial charge is 0.550 e. The van der Waals surface area contributed by atoms with Gasteiger partial charge in [0.15, 0.2) is 0 Å². The van der Waals surface area contributed by atoms with E-state index in [4.69, 9.17) is 0 Å². The Morgan fingerprint density at radius 3 is 2.06 bits per heavy atom. The van der Waals surface area contributed by atoms with Gasteiger partial charge >= 0.3 is 25.8 Å². The van der Waals surface area contributed by atoms with E-state index in [0.29, 0.717) is 6.42 Å². The molecule has 1 atom stereocenters. The predicted octanol–water partition coefficient (Wildman–Crippen LogP) is 2.57. The Morgan fingerprint density at radius 2 is 1.78 bits per heavy atom. The van der Waals surface area contributed by atoms with Crippen molar-refractivity contribution in [2.75, 3.05) is 0 Å². The quantitative estimate of drug-likeness (QED) is 0.819. The molecule has 0 amide bonds. The summed E-state index contributed by atoms with van der Waals surface area (Å²) >= 11 is 0. The Bertz CT molecular complexity index is 299. The molecule has 0 saturated carbocycles. The molecule has 0 fully saturated rings. The van der Waals surface area contributed by atoms with E-state index in [2.05, 4.69) is 26.0 Å². The summed E-state index contributed by atoms with van der Waals surface area (Å²) in [5, 5.41) is 10.3. The summed E-state index contributed by atoms with van der Waals surface area (Å²) in [6, 6.07) is 10.3. The second-order valence-corrected chi connectivity index (χ2v) is 4.22. The second kappa shape index (κ2) is 13.0. The van der Waals surface area contributed by atoms with E-state index in [1.165, 1.54) is 5.56 Å². The van der Waals surface area contributed by atoms with Gasteiger partial charge in [0.2, 0.25) is 0 Å². The fourth-order valence-corrected chi connectivity index (χ4v) is 1.47. The van der Waals surface area contributed by atoms with Crippen LogP contribution < -0.4 is 5.11 Å². The van der Waals surface area contributed by atoms with E-state index in [1.54, 1.807) is 0 Å². The van der Waals surface area contributed by atoms with Crippen LogP contribution in [0.3, 0.4) is 0 Å². The van der Waals surface area contributed by atoms with Gasteiger partial charge in [-0.15, -0.1) is 0 Å². The van der Waals surface area contributed by atoms with Crippen molar-refractivity contribution < 1.29 is 9.90 Å². The fourth-order valence-electron chi connectivity index (χ4n) is 1.47. The molecule has 0 aliphatic heterocycles. The van der Waals surface area contributed by atoms with Crippen LogP contribution in [0, 0.1) is 12.8 Å². The number of benzene rings is 1. The summed E-state index contributed by atoms with van der Waals surface area (Å²) in [7, 11) is 0. The Morgan fingerprint density at radius 1 is 1.22 bits per heavy atom. The summed E-state index contributed by atoms with van der Waals surface area (Å²) in [5.41, 5.74) is 1.32. The molecule has 3 heteroatoms. The number of carboxylic acid groups (broad SMARTS) is 1. The molecule has 96 valence electrons. The SMILES string of the molecule is CCCCC(CC)C(=O)[O-].Cc1ccccc1.[In+3]. The summed E-state index contributed by atoms with van der Waals surface area (Å²) < 4.78 is 0. The normalized spacial score (nSPS) is 10.6. The van der Waals surface area contributed by atoms with Crippen LogP contribution in [0.5, 0.6) is 0 Å². The van der Waals surface area contributed by atoms with Crippen molar-refractivity contribution in [2.24, 2.45) is 5.92 Å². The van der Waals surface area contributed by atoms with E-state index in [9.17, 15) is 9.90 Å². The number of carboxylic acids is 1. The molecule has 0 aliphatic rings. The van der Waals surface area contributed by atoms with Crippen LogP contribution in [0.25, 0.3) is 0 Å². The molecule has 1 aromatic carbocycles. The van der Waals surface area contributed by atoms with Crippen molar-refractivity contribution in [2.45, 2.75) is 46.5 Å². The number of unbranched alkanes of at least 4 members (excludes halogenated alkanes) is 1. The maximum absolute atomic E-state index is 10.3. The molecule has 0 N–H and O–H groups in total. The van der Waals surface area contributed by atoms with Gasteiger partial charge in [0, 0.05) is 5.97 Å². The number of carbonyl (C=O) groups is 1. The van der Waals surface area contributed by atoms with Gasteiger partial charge in [-0.2, -0.15) is 0 Å². The van der Waals surface area contributed by atoms with Crippen LogP contribution in [0.15, 0.2) is 30.3 Å². The molecular formula is C15H23InO2+2. The third kappa shape index (κ3) is 10.7. The van der Waals surface area contributed by atoms with E-state index in [1.807, 2.05) is 25.1 Å². The number of rotatable bonds is 5. The molecule has 0 aliphatic carbocycles. The van der Waals surface area contributed by atoms with Gasteiger partial charge in [-0.05, 0) is 25.7 Å². The topological polar surface area (TPSA) is 40.1 Å². The standard InChI is InChI=1S/C8H16O2.C7H8.In/c1-3-5-6-7(4-2)8(9)10;1-7-5-3-2-4-6-7;/h7H,3-6H2,1-2H3,(H,9,10);2-6H,1H3;/q;;+3/p-1. The van der Waals surface area contributed by atoms with E-state index >= 15 is 0 Å². The number of carbonyl (C=O) groups excluding carboxylic acids is 1. The molecule has 2 nitrogen and oxygen atoms in total. The summed E-state index contributed by atoms with van der Waals surface area (Å²) in [6.45, 7) is 6.03. The Labute approximate surface area is 130 Å². The van der Waals surface area contributed by atoms with Crippen LogP contribution in [-0.4, -0.2) is 31.8 Å². The van der Waals surface area contributed by atoms with Crippen LogP contribution in [-0.2, 0) is 4.79 Å². The fraction of sp³-hybridized carbons (Fsp3) is 0.533. The Balaban J connectivity index is 0. The monoisotopic (exact) mass is 350 g/mol. The van der Waals surface area contributed by atoms with Crippen molar-refractivity contribution in [1.29, 1.82) is 0 Å². The summed E-state index contributed by atoms with van der Waals surface area (Å²) in [5.74, 6) is -1.11. The molecule has 0 bridgehead atoms. The van der Waals surface area contributed by atoms with Gasteiger partial charge in [0.05, 0.1) is 0 Å². The molecular weight excluding hydrogens is 327 g/mol. The third-order valence-electron chi connectivity index (χ3n) is 2.67. The van der Waals surface area contributed by atoms with Gasteiger partial charge in [0.1, 0.15) is 0 Å². The zero-order valence-corrected chi connectivity index (χ0v) is 15.0. The Kier molecular flexibility index (Phi) is 14.4. The maximum Gasteiger partial charge on any atom is 3.00 e. The minimum atomic E-state index is -0.893. The number of aliphatic carboxylic acids is 1. The van der Waals surface area contributed by atoms with Gasteiger partial charge in [-0.3, -0.25) is 0 Å². The molecule has 0 saturated heterocycles. The van der Waals surface area contributed by atoms with Crippen molar-refractivity contribution >= 4 is 31.8 Å². The molecule has 1 aromatic rings. The van der Waals surface area contributed by atoms with E-state index in [-0.39, 0.29) is 31.8 Å². The first-order chi connectivity index (χ1) is 8.11. The van der Waals surface area contributed by atoms with Crippen LogP contribution >= 0.6 is 0 Å². The van der Waals surface area contributed by atoms with Gasteiger partial charge in [-0.25, -0.2) is 0 Å². The zero-order valence-electron chi connectivity index (χ0n) is 11.7. The van der Waals surface area contributed by atoms with Crippen molar-refractivity contribution in [3.8, 4) is 0 Å². The molecule has 0 radical (unpaired) electrons. The van der Waals surface area contributed by atoms with Crippen molar-refractivity contribution in [3.05, 3.63) is 35.9 Å². The molecule has 0 heterocycles. The third-order valence-corrected chi connectivity index (χ3v) is 2.67. The predicted molar refractivity (Wildman–Crippen MR) is 75.2 cm³/mol. The first-order valence-corrected chi connectivity index (χ1v) is 6.34.